The molecule has 2 aromatic carbocycles. The third-order valence-electron chi connectivity index (χ3n) is 3.30. The lowest BCUT2D eigenvalue weighted by atomic mass is 10.1. The van der Waals surface area contributed by atoms with Gasteiger partial charge < -0.3 is 16.4 Å². The maximum atomic E-state index is 12.1. The van der Waals surface area contributed by atoms with Gasteiger partial charge in [-0.3, -0.25) is 0 Å². The average molecular weight is 301 g/mol. The monoisotopic (exact) mass is 301 g/mol. The van der Waals surface area contributed by atoms with E-state index in [-0.39, 0.29) is 23.0 Å². The molecule has 21 heavy (non-hydrogen) atoms. The van der Waals surface area contributed by atoms with Crippen molar-refractivity contribution in [3.8, 4) is 0 Å². The summed E-state index contributed by atoms with van der Waals surface area (Å²) >= 11 is 4.99. The van der Waals surface area contributed by atoms with E-state index in [2.05, 4.69) is 10.6 Å². The molecule has 2 rings (SSSR count). The molecule has 0 saturated heterocycles. The number of urea groups is 1. The Morgan fingerprint density at radius 1 is 1.14 bits per heavy atom. The molecule has 0 heterocycles. The lowest BCUT2D eigenvalue weighted by Gasteiger charge is -2.21. The van der Waals surface area contributed by atoms with Gasteiger partial charge in [0.25, 0.3) is 0 Å². The molecule has 110 valence electrons. The molecule has 0 spiro atoms. The molecule has 4 nitrogen and oxygen atoms in total. The zero-order valence-electron chi connectivity index (χ0n) is 12.1. The summed E-state index contributed by atoms with van der Waals surface area (Å²) in [4.78, 5) is 12.4. The van der Waals surface area contributed by atoms with E-state index in [0.29, 0.717) is 0 Å². The Kier molecular flexibility index (Phi) is 4.75. The van der Waals surface area contributed by atoms with Crippen molar-refractivity contribution in [3.63, 3.8) is 0 Å². The van der Waals surface area contributed by atoms with E-state index in [1.165, 1.54) is 0 Å². The van der Waals surface area contributed by atoms with Crippen molar-refractivity contribution in [2.45, 2.75) is 19.9 Å². The first-order chi connectivity index (χ1) is 9.99. The molecule has 0 bridgehead atoms. The lowest BCUT2D eigenvalue weighted by molar-refractivity contribution is 0.248. The van der Waals surface area contributed by atoms with Crippen LogP contribution in [0, 0.1) is 5.92 Å². The summed E-state index contributed by atoms with van der Waals surface area (Å²) in [6.45, 7) is 3.92. The third-order valence-corrected chi connectivity index (χ3v) is 3.55. The second-order valence-corrected chi connectivity index (χ2v) is 5.72. The van der Waals surface area contributed by atoms with Gasteiger partial charge in [0.15, 0.2) is 0 Å². The average Bonchev–Trinajstić information content (AvgIpc) is 2.44. The predicted octanol–water partition coefficient (Wildman–Crippen LogP) is 3.27. The van der Waals surface area contributed by atoms with Crippen LogP contribution >= 0.6 is 12.2 Å². The van der Waals surface area contributed by atoms with Crippen molar-refractivity contribution in [2.24, 2.45) is 11.7 Å². The summed E-state index contributed by atoms with van der Waals surface area (Å²) in [5.74, 6) is 0.140. The molecule has 0 aliphatic carbocycles. The quantitative estimate of drug-likeness (QED) is 0.759. The summed E-state index contributed by atoms with van der Waals surface area (Å²) < 4.78 is 0. The number of amides is 2. The van der Waals surface area contributed by atoms with Gasteiger partial charge >= 0.3 is 6.03 Å². The van der Waals surface area contributed by atoms with Gasteiger partial charge in [-0.1, -0.05) is 62.5 Å². The predicted molar refractivity (Wildman–Crippen MR) is 91.5 cm³/mol. The van der Waals surface area contributed by atoms with Crippen molar-refractivity contribution >= 4 is 39.7 Å². The van der Waals surface area contributed by atoms with Gasteiger partial charge in [-0.2, -0.15) is 0 Å². The van der Waals surface area contributed by atoms with Crippen molar-refractivity contribution < 1.29 is 4.79 Å². The topological polar surface area (TPSA) is 67.2 Å². The SMILES string of the molecule is CC(C)C(NC(=O)Nc1cccc2ccccc12)C(N)=S. The minimum Gasteiger partial charge on any atom is -0.392 e. The van der Waals surface area contributed by atoms with E-state index in [4.69, 9.17) is 18.0 Å². The van der Waals surface area contributed by atoms with E-state index < -0.39 is 0 Å². The molecule has 0 fully saturated rings. The van der Waals surface area contributed by atoms with E-state index >= 15 is 0 Å². The molecule has 0 saturated carbocycles. The van der Waals surface area contributed by atoms with Crippen LogP contribution in [0.4, 0.5) is 10.5 Å². The number of hydrogen-bond acceptors (Lipinski definition) is 2. The maximum Gasteiger partial charge on any atom is 0.319 e. The molecule has 2 amide bonds. The lowest BCUT2D eigenvalue weighted by Crippen LogP contribution is -2.48. The third kappa shape index (κ3) is 3.70. The number of benzene rings is 2. The zero-order chi connectivity index (χ0) is 15.4. The minimum absolute atomic E-state index is 0.140. The van der Waals surface area contributed by atoms with Gasteiger partial charge in [0.1, 0.15) is 0 Å². The van der Waals surface area contributed by atoms with Gasteiger partial charge in [0.2, 0.25) is 0 Å². The number of hydrogen-bond donors (Lipinski definition) is 3. The van der Waals surface area contributed by atoms with Gasteiger partial charge in [-0.15, -0.1) is 0 Å². The number of carbonyl (C=O) groups is 1. The Bertz CT molecular complexity index is 664. The van der Waals surface area contributed by atoms with Gasteiger partial charge in [0.05, 0.1) is 16.7 Å². The van der Waals surface area contributed by atoms with Crippen LogP contribution in [0.1, 0.15) is 13.8 Å². The molecule has 4 N–H and O–H groups in total. The molecule has 0 radical (unpaired) electrons. The van der Waals surface area contributed by atoms with Crippen LogP contribution in [0.25, 0.3) is 10.8 Å². The largest absolute Gasteiger partial charge is 0.392 e. The molecule has 1 atom stereocenters. The number of fused-ring (bicyclic) bond motifs is 1. The highest BCUT2D eigenvalue weighted by Gasteiger charge is 2.19. The second kappa shape index (κ2) is 6.54. The summed E-state index contributed by atoms with van der Waals surface area (Å²) in [6.07, 6.45) is 0. The molecule has 0 aromatic heterocycles. The van der Waals surface area contributed by atoms with Crippen molar-refractivity contribution in [3.05, 3.63) is 42.5 Å². The highest BCUT2D eigenvalue weighted by molar-refractivity contribution is 7.80. The van der Waals surface area contributed by atoms with Gasteiger partial charge in [-0.25, -0.2) is 4.79 Å². The van der Waals surface area contributed by atoms with Gasteiger partial charge in [-0.05, 0) is 17.4 Å². The standard InChI is InChI=1S/C16H19N3OS/c1-10(2)14(15(17)21)19-16(20)18-13-9-5-7-11-6-3-4-8-12(11)13/h3-10,14H,1-2H3,(H2,17,21)(H2,18,19,20). The summed E-state index contributed by atoms with van der Waals surface area (Å²) in [6, 6.07) is 13.0. The van der Waals surface area contributed by atoms with E-state index in [1.807, 2.05) is 56.3 Å². The summed E-state index contributed by atoms with van der Waals surface area (Å²) in [5.41, 5.74) is 6.42. The van der Waals surface area contributed by atoms with Gasteiger partial charge in [0, 0.05) is 5.39 Å². The number of nitrogens with one attached hydrogen (secondary N) is 2. The Hall–Kier alpha value is -2.14. The van der Waals surface area contributed by atoms with Crippen molar-refractivity contribution in [1.29, 1.82) is 0 Å². The first-order valence-electron chi connectivity index (χ1n) is 6.83. The first-order valence-corrected chi connectivity index (χ1v) is 7.24. The smallest absolute Gasteiger partial charge is 0.319 e. The molecule has 5 heteroatoms. The fourth-order valence-electron chi connectivity index (χ4n) is 2.20. The normalized spacial score (nSPS) is 12.1. The number of anilines is 1. The summed E-state index contributed by atoms with van der Waals surface area (Å²) in [5, 5.41) is 7.74. The van der Waals surface area contributed by atoms with Crippen LogP contribution in [-0.2, 0) is 0 Å². The first kappa shape index (κ1) is 15.3. The van der Waals surface area contributed by atoms with Crippen molar-refractivity contribution in [2.75, 3.05) is 5.32 Å². The molecule has 2 aromatic rings. The number of thiocarbonyl (C=S) groups is 1. The fourth-order valence-corrected chi connectivity index (χ4v) is 2.53. The molecular formula is C16H19N3OS. The van der Waals surface area contributed by atoms with Crippen LogP contribution in [-0.4, -0.2) is 17.1 Å². The number of carbonyl (C=O) groups excluding carboxylic acids is 1. The van der Waals surface area contributed by atoms with Crippen LogP contribution in [0.2, 0.25) is 0 Å². The Morgan fingerprint density at radius 2 is 1.81 bits per heavy atom. The van der Waals surface area contributed by atoms with Crippen LogP contribution < -0.4 is 16.4 Å². The molecule has 0 aliphatic rings. The molecule has 1 unspecified atom stereocenters. The highest BCUT2D eigenvalue weighted by atomic mass is 32.1. The van der Waals surface area contributed by atoms with Crippen LogP contribution in [0.15, 0.2) is 42.5 Å². The minimum atomic E-state index is -0.324. The van der Waals surface area contributed by atoms with Crippen LogP contribution in [0.5, 0.6) is 0 Å². The Balaban J connectivity index is 2.17. The second-order valence-electron chi connectivity index (χ2n) is 5.25. The van der Waals surface area contributed by atoms with E-state index in [0.717, 1.165) is 16.5 Å². The molecular weight excluding hydrogens is 282 g/mol. The van der Waals surface area contributed by atoms with E-state index in [1.54, 1.807) is 0 Å². The molecule has 0 aliphatic heterocycles. The highest BCUT2D eigenvalue weighted by Crippen LogP contribution is 2.22. The fraction of sp³-hybridized carbons (Fsp3) is 0.250. The van der Waals surface area contributed by atoms with Crippen molar-refractivity contribution in [1.82, 2.24) is 5.32 Å². The zero-order valence-corrected chi connectivity index (χ0v) is 12.9. The maximum absolute atomic E-state index is 12.1. The van der Waals surface area contributed by atoms with Crippen LogP contribution in [0.3, 0.4) is 0 Å². The summed E-state index contributed by atoms with van der Waals surface area (Å²) in [7, 11) is 0. The number of nitrogens with two attached hydrogens (primary N) is 1. The van der Waals surface area contributed by atoms with E-state index in [9.17, 15) is 4.79 Å². The Morgan fingerprint density at radius 3 is 2.48 bits per heavy atom. The Labute approximate surface area is 129 Å². The number of rotatable bonds is 4.